The average Bonchev–Trinajstić information content (AvgIpc) is 2.87. The number of hydrogen-bond acceptors (Lipinski definition) is 6. The van der Waals surface area contributed by atoms with Gasteiger partial charge in [-0.15, -0.1) is 0 Å². The van der Waals surface area contributed by atoms with Gasteiger partial charge in [-0.05, 0) is 78.2 Å². The molecule has 0 aromatic heterocycles. The largest absolute Gasteiger partial charge is 0.761 e. The molecule has 0 aliphatic rings. The van der Waals surface area contributed by atoms with Crippen LogP contribution in [-0.4, -0.2) is 14.2 Å². The molecule has 174 valence electrons. The Morgan fingerprint density at radius 1 is 0.676 bits per heavy atom. The molecule has 1 unspecified atom stereocenters. The van der Waals surface area contributed by atoms with Crippen molar-refractivity contribution in [2.24, 2.45) is 0 Å². The second-order valence-corrected chi connectivity index (χ2v) is 10.1. The van der Waals surface area contributed by atoms with Crippen LogP contribution in [0.1, 0.15) is 11.1 Å². The molecule has 0 saturated carbocycles. The van der Waals surface area contributed by atoms with Gasteiger partial charge in [0, 0.05) is 37.4 Å². The molecule has 0 aliphatic heterocycles. The molecule has 4 aromatic rings. The Morgan fingerprint density at radius 3 is 1.44 bits per heavy atom. The molecule has 0 amide bonds. The van der Waals surface area contributed by atoms with Crippen molar-refractivity contribution in [3.8, 4) is 0 Å². The molecule has 4 aromatic carbocycles. The standard InChI is InChI=1S/C27H25N2O3S2/c1-29(31,32-2)23-9-17-27(18-10-23)34-25-13-5-21(6-14-25)19-20-3-11-24(12-4-20)33-26-15-7-22(28-30)8-16-26/h3-18,28H,19H2,1-2H3/q-1. The van der Waals surface area contributed by atoms with Crippen LogP contribution in [0.25, 0.3) is 0 Å². The number of rotatable bonds is 9. The summed E-state index contributed by atoms with van der Waals surface area (Å²) < 4.78 is 0. The predicted octanol–water partition coefficient (Wildman–Crippen LogP) is 7.49. The lowest BCUT2D eigenvalue weighted by Crippen LogP contribution is -2.36. The molecule has 0 spiro atoms. The molecular formula is C27H25N2O3S2-. The minimum atomic E-state index is -0.854. The molecule has 5 nitrogen and oxygen atoms in total. The molecule has 0 saturated heterocycles. The van der Waals surface area contributed by atoms with Gasteiger partial charge in [-0.1, -0.05) is 47.8 Å². The van der Waals surface area contributed by atoms with Gasteiger partial charge >= 0.3 is 0 Å². The highest BCUT2D eigenvalue weighted by molar-refractivity contribution is 7.99. The minimum Gasteiger partial charge on any atom is -0.761 e. The maximum absolute atomic E-state index is 12.1. The zero-order valence-corrected chi connectivity index (χ0v) is 20.6. The third kappa shape index (κ3) is 6.42. The van der Waals surface area contributed by atoms with E-state index in [1.807, 2.05) is 29.7 Å². The number of nitrogens with one attached hydrogen (secondary N) is 1. The summed E-state index contributed by atoms with van der Waals surface area (Å²) in [5.41, 5.74) is 5.52. The van der Waals surface area contributed by atoms with Crippen LogP contribution in [0.3, 0.4) is 0 Å². The number of benzene rings is 4. The van der Waals surface area contributed by atoms with Crippen LogP contribution in [-0.2, 0) is 11.3 Å². The van der Waals surface area contributed by atoms with E-state index in [0.717, 1.165) is 26.0 Å². The van der Waals surface area contributed by atoms with Crippen LogP contribution < -0.4 is 10.3 Å². The summed E-state index contributed by atoms with van der Waals surface area (Å²) in [6, 6.07) is 32.0. The third-order valence-corrected chi connectivity index (χ3v) is 7.38. The fourth-order valence-corrected chi connectivity index (χ4v) is 4.97. The van der Waals surface area contributed by atoms with Crippen molar-refractivity contribution in [3.05, 3.63) is 119 Å². The van der Waals surface area contributed by atoms with Gasteiger partial charge in [0.25, 0.3) is 0 Å². The number of hydroxylamine groups is 2. The first-order valence-electron chi connectivity index (χ1n) is 10.7. The lowest BCUT2D eigenvalue weighted by molar-refractivity contribution is -0.0557. The smallest absolute Gasteiger partial charge is 0.165 e. The lowest BCUT2D eigenvalue weighted by atomic mass is 10.1. The summed E-state index contributed by atoms with van der Waals surface area (Å²) >= 11 is 3.33. The Hall–Kier alpha value is -2.78. The highest BCUT2D eigenvalue weighted by Crippen LogP contribution is 2.31. The first kappa shape index (κ1) is 24.3. The molecule has 0 bridgehead atoms. The molecular weight excluding hydrogens is 464 g/mol. The summed E-state index contributed by atoms with van der Waals surface area (Å²) in [7, 11) is 2.86. The summed E-state index contributed by atoms with van der Waals surface area (Å²) in [6.45, 7) is 0. The molecule has 0 radical (unpaired) electrons. The first-order chi connectivity index (χ1) is 16.4. The number of anilines is 1. The molecule has 1 N–H and O–H groups in total. The molecule has 1 atom stereocenters. The maximum Gasteiger partial charge on any atom is 0.165 e. The van der Waals surface area contributed by atoms with Crippen molar-refractivity contribution in [1.82, 2.24) is 4.81 Å². The van der Waals surface area contributed by atoms with E-state index >= 15 is 0 Å². The van der Waals surface area contributed by atoms with E-state index in [2.05, 4.69) is 48.5 Å². The van der Waals surface area contributed by atoms with E-state index < -0.39 is 4.81 Å². The predicted molar refractivity (Wildman–Crippen MR) is 142 cm³/mol. The summed E-state index contributed by atoms with van der Waals surface area (Å²) in [4.78, 5) is 8.56. The first-order valence-corrected chi connectivity index (χ1v) is 12.3. The van der Waals surface area contributed by atoms with Crippen molar-refractivity contribution in [1.29, 1.82) is 0 Å². The quantitative estimate of drug-likeness (QED) is 0.194. The zero-order valence-electron chi connectivity index (χ0n) is 18.9. The van der Waals surface area contributed by atoms with E-state index in [1.54, 1.807) is 47.8 Å². The van der Waals surface area contributed by atoms with Crippen LogP contribution in [0.2, 0.25) is 0 Å². The highest BCUT2D eigenvalue weighted by atomic mass is 32.2. The fourth-order valence-electron chi connectivity index (χ4n) is 3.34. The Balaban J connectivity index is 1.33. The van der Waals surface area contributed by atoms with Gasteiger partial charge in [0.2, 0.25) is 0 Å². The Morgan fingerprint density at radius 2 is 1.06 bits per heavy atom. The molecule has 4 rings (SSSR count). The lowest BCUT2D eigenvalue weighted by Gasteiger charge is -2.32. The Bertz CT molecular complexity index is 1190. The second-order valence-electron chi connectivity index (χ2n) is 7.82. The SMILES string of the molecule is CO[N+](C)([O-])c1ccc(Sc2ccc(Cc3ccc(Sc4ccc(N[O-])cc4)cc3)cc2)cc1. The van der Waals surface area contributed by atoms with Gasteiger partial charge < -0.3 is 15.9 Å². The van der Waals surface area contributed by atoms with Gasteiger partial charge in [-0.3, -0.25) is 0 Å². The molecule has 0 aliphatic carbocycles. The summed E-state index contributed by atoms with van der Waals surface area (Å²) in [6.07, 6.45) is 0.867. The van der Waals surface area contributed by atoms with Gasteiger partial charge in [-0.25, -0.2) is 4.84 Å². The van der Waals surface area contributed by atoms with Gasteiger partial charge in [0.15, 0.2) is 5.69 Å². The molecule has 7 heteroatoms. The van der Waals surface area contributed by atoms with E-state index in [-0.39, 0.29) is 0 Å². The van der Waals surface area contributed by atoms with Crippen molar-refractivity contribution in [2.75, 3.05) is 19.6 Å². The summed E-state index contributed by atoms with van der Waals surface area (Å²) in [5, 5.41) is 22.8. The topological polar surface area (TPSA) is 67.4 Å². The third-order valence-electron chi connectivity index (χ3n) is 5.35. The number of hydrogen-bond donors (Lipinski definition) is 1. The zero-order chi connectivity index (χ0) is 24.0. The molecule has 0 heterocycles. The van der Waals surface area contributed by atoms with Crippen LogP contribution in [0, 0.1) is 10.4 Å². The second kappa shape index (κ2) is 11.1. The van der Waals surface area contributed by atoms with Crippen LogP contribution in [0.5, 0.6) is 0 Å². The van der Waals surface area contributed by atoms with Gasteiger partial charge in [0.05, 0.1) is 7.11 Å². The van der Waals surface area contributed by atoms with Gasteiger partial charge in [0.1, 0.15) is 7.05 Å². The van der Waals surface area contributed by atoms with Crippen molar-refractivity contribution in [3.63, 3.8) is 0 Å². The van der Waals surface area contributed by atoms with Crippen molar-refractivity contribution < 1.29 is 4.84 Å². The number of quaternary nitrogens is 1. The van der Waals surface area contributed by atoms with Gasteiger partial charge in [-0.2, -0.15) is 4.81 Å². The van der Waals surface area contributed by atoms with Crippen molar-refractivity contribution in [2.45, 2.75) is 26.0 Å². The van der Waals surface area contributed by atoms with E-state index in [4.69, 9.17) is 4.84 Å². The minimum absolute atomic E-state index is 0.557. The van der Waals surface area contributed by atoms with Crippen molar-refractivity contribution >= 4 is 34.9 Å². The van der Waals surface area contributed by atoms with Crippen LogP contribution >= 0.6 is 23.5 Å². The summed E-state index contributed by atoms with van der Waals surface area (Å²) in [5.74, 6) is 0. The van der Waals surface area contributed by atoms with E-state index in [9.17, 15) is 10.4 Å². The van der Waals surface area contributed by atoms with E-state index in [1.165, 1.54) is 25.3 Å². The Kier molecular flexibility index (Phi) is 7.95. The highest BCUT2D eigenvalue weighted by Gasteiger charge is 2.13. The van der Waals surface area contributed by atoms with Crippen LogP contribution in [0.15, 0.2) is 117 Å². The monoisotopic (exact) mass is 489 g/mol. The van der Waals surface area contributed by atoms with E-state index in [0.29, 0.717) is 11.4 Å². The fraction of sp³-hybridized carbons (Fsp3) is 0.111. The van der Waals surface area contributed by atoms with Crippen LogP contribution in [0.4, 0.5) is 11.4 Å². The number of nitrogens with zero attached hydrogens (tertiary/aromatic N) is 1. The normalized spacial score (nSPS) is 12.8. The average molecular weight is 490 g/mol. The Labute approximate surface area is 208 Å². The maximum atomic E-state index is 12.1. The molecule has 34 heavy (non-hydrogen) atoms. The molecule has 0 fully saturated rings.